The molecule has 1 aromatic heterocycles. The van der Waals surface area contributed by atoms with Crippen LogP contribution in [-0.2, 0) is 0 Å². The first-order chi connectivity index (χ1) is 10.1. The summed E-state index contributed by atoms with van der Waals surface area (Å²) in [6, 6.07) is 10.7. The first kappa shape index (κ1) is 14.3. The molecule has 0 atom stereocenters. The molecule has 0 aliphatic heterocycles. The predicted molar refractivity (Wildman–Crippen MR) is 86.7 cm³/mol. The maximum absolute atomic E-state index is 6.24. The largest absolute Gasteiger partial charge is 0.398 e. The van der Waals surface area contributed by atoms with Gasteiger partial charge in [0.05, 0.1) is 21.4 Å². The number of tetrazole rings is 1. The Morgan fingerprint density at radius 2 is 1.86 bits per heavy atom. The highest BCUT2D eigenvalue weighted by Crippen LogP contribution is 2.29. The maximum atomic E-state index is 6.24. The second-order valence-electron chi connectivity index (χ2n) is 4.25. The number of hydrogen-bond donors (Lipinski definition) is 1. The summed E-state index contributed by atoms with van der Waals surface area (Å²) < 4.78 is 2.43. The van der Waals surface area contributed by atoms with Gasteiger partial charge in [-0.05, 0) is 46.8 Å². The van der Waals surface area contributed by atoms with Crippen molar-refractivity contribution in [1.29, 1.82) is 0 Å². The van der Waals surface area contributed by atoms with E-state index in [1.165, 1.54) is 0 Å². The normalized spacial score (nSPS) is 10.8. The average molecular weight is 385 g/mol. The van der Waals surface area contributed by atoms with Crippen molar-refractivity contribution in [2.24, 2.45) is 0 Å². The van der Waals surface area contributed by atoms with Gasteiger partial charge in [0.1, 0.15) is 0 Å². The summed E-state index contributed by atoms with van der Waals surface area (Å²) in [5.41, 5.74) is 7.64. The van der Waals surface area contributed by atoms with Crippen LogP contribution in [0.3, 0.4) is 0 Å². The number of halogens is 3. The van der Waals surface area contributed by atoms with E-state index in [9.17, 15) is 0 Å². The highest BCUT2D eigenvalue weighted by atomic mass is 79.9. The fourth-order valence-corrected chi connectivity index (χ4v) is 2.78. The molecule has 0 aliphatic rings. The lowest BCUT2D eigenvalue weighted by Gasteiger charge is -2.08. The summed E-state index contributed by atoms with van der Waals surface area (Å²) in [7, 11) is 0. The van der Waals surface area contributed by atoms with Crippen LogP contribution in [-0.4, -0.2) is 20.2 Å². The molecule has 0 fully saturated rings. The van der Waals surface area contributed by atoms with Crippen LogP contribution in [0.1, 0.15) is 0 Å². The van der Waals surface area contributed by atoms with E-state index in [-0.39, 0.29) is 0 Å². The molecule has 21 heavy (non-hydrogen) atoms. The third-order valence-corrected chi connectivity index (χ3v) is 3.99. The van der Waals surface area contributed by atoms with Crippen molar-refractivity contribution >= 4 is 44.8 Å². The molecule has 0 saturated carbocycles. The average Bonchev–Trinajstić information content (AvgIpc) is 2.91. The molecule has 0 saturated heterocycles. The number of aromatic nitrogens is 4. The topological polar surface area (TPSA) is 69.6 Å². The second-order valence-corrected chi connectivity index (χ2v) is 5.98. The third-order valence-electron chi connectivity index (χ3n) is 2.87. The number of nitrogen functional groups attached to an aromatic ring is 1. The lowest BCUT2D eigenvalue weighted by molar-refractivity contribution is 0.791. The predicted octanol–water partition coefficient (Wildman–Crippen LogP) is 3.98. The quantitative estimate of drug-likeness (QED) is 0.678. The maximum Gasteiger partial charge on any atom is 0.187 e. The van der Waals surface area contributed by atoms with Crippen molar-refractivity contribution in [3.63, 3.8) is 0 Å². The summed E-state index contributed by atoms with van der Waals surface area (Å²) in [6.07, 6.45) is 0. The molecule has 106 valence electrons. The van der Waals surface area contributed by atoms with Gasteiger partial charge in [-0.3, -0.25) is 0 Å². The monoisotopic (exact) mass is 383 g/mol. The third kappa shape index (κ3) is 2.74. The lowest BCUT2D eigenvalue weighted by Crippen LogP contribution is -2.01. The zero-order valence-corrected chi connectivity index (χ0v) is 13.6. The number of nitrogens with two attached hydrogens (primary N) is 1. The number of hydrogen-bond acceptors (Lipinski definition) is 4. The zero-order valence-electron chi connectivity index (χ0n) is 10.5. The Labute approximate surface area is 138 Å². The number of rotatable bonds is 2. The minimum atomic E-state index is 0.448. The van der Waals surface area contributed by atoms with E-state index >= 15 is 0 Å². The molecule has 0 spiro atoms. The van der Waals surface area contributed by atoms with Crippen LogP contribution in [0.2, 0.25) is 10.0 Å². The Kier molecular flexibility index (Phi) is 3.84. The SMILES string of the molecule is Nc1ccc(-c2nnnn2-c2ccc(Br)cc2Cl)cc1Cl. The van der Waals surface area contributed by atoms with Gasteiger partial charge in [0.2, 0.25) is 0 Å². The fraction of sp³-hybridized carbons (Fsp3) is 0. The number of anilines is 1. The van der Waals surface area contributed by atoms with Crippen molar-refractivity contribution in [1.82, 2.24) is 20.2 Å². The van der Waals surface area contributed by atoms with Crippen LogP contribution >= 0.6 is 39.1 Å². The molecule has 2 N–H and O–H groups in total. The highest BCUT2D eigenvalue weighted by Gasteiger charge is 2.14. The Hall–Kier alpha value is -1.63. The zero-order chi connectivity index (χ0) is 15.0. The van der Waals surface area contributed by atoms with Gasteiger partial charge in [-0.25, -0.2) is 0 Å². The van der Waals surface area contributed by atoms with Gasteiger partial charge in [-0.2, -0.15) is 4.68 Å². The second kappa shape index (κ2) is 5.63. The van der Waals surface area contributed by atoms with E-state index in [2.05, 4.69) is 31.5 Å². The number of benzene rings is 2. The fourth-order valence-electron chi connectivity index (χ4n) is 1.85. The summed E-state index contributed by atoms with van der Waals surface area (Å²) in [5, 5.41) is 12.7. The van der Waals surface area contributed by atoms with E-state index in [0.29, 0.717) is 27.2 Å². The van der Waals surface area contributed by atoms with Gasteiger partial charge in [0, 0.05) is 10.0 Å². The van der Waals surface area contributed by atoms with Crippen LogP contribution < -0.4 is 5.73 Å². The smallest absolute Gasteiger partial charge is 0.187 e. The molecule has 2 aromatic carbocycles. The molecule has 5 nitrogen and oxygen atoms in total. The van der Waals surface area contributed by atoms with Crippen LogP contribution in [0.15, 0.2) is 40.9 Å². The summed E-state index contributed by atoms with van der Waals surface area (Å²) in [4.78, 5) is 0. The Morgan fingerprint density at radius 1 is 1.05 bits per heavy atom. The summed E-state index contributed by atoms with van der Waals surface area (Å²) in [6.45, 7) is 0. The van der Waals surface area contributed by atoms with Crippen molar-refractivity contribution in [2.75, 3.05) is 5.73 Å². The molecular weight excluding hydrogens is 377 g/mol. The number of nitrogens with zero attached hydrogens (tertiary/aromatic N) is 4. The first-order valence-electron chi connectivity index (χ1n) is 5.85. The molecule has 0 bridgehead atoms. The molecule has 0 radical (unpaired) electrons. The Morgan fingerprint density at radius 3 is 2.57 bits per heavy atom. The van der Waals surface area contributed by atoms with E-state index in [1.54, 1.807) is 28.9 Å². The van der Waals surface area contributed by atoms with Gasteiger partial charge < -0.3 is 5.73 Å². The van der Waals surface area contributed by atoms with Crippen LogP contribution in [0.25, 0.3) is 17.1 Å². The molecule has 1 heterocycles. The molecule has 0 amide bonds. The van der Waals surface area contributed by atoms with Gasteiger partial charge in [-0.15, -0.1) is 5.10 Å². The van der Waals surface area contributed by atoms with Gasteiger partial charge in [0.25, 0.3) is 0 Å². The molecule has 0 aliphatic carbocycles. The Bertz CT molecular complexity index is 818. The minimum absolute atomic E-state index is 0.448. The molecule has 3 rings (SSSR count). The standard InChI is InChI=1S/C13H8BrCl2N5/c14-8-2-4-12(10(16)6-8)21-13(18-19-20-21)7-1-3-11(17)9(15)5-7/h1-6H,17H2. The van der Waals surface area contributed by atoms with Gasteiger partial charge in [-0.1, -0.05) is 39.1 Å². The first-order valence-corrected chi connectivity index (χ1v) is 7.40. The van der Waals surface area contributed by atoms with E-state index in [1.807, 2.05) is 12.1 Å². The van der Waals surface area contributed by atoms with Crippen molar-refractivity contribution in [3.05, 3.63) is 50.9 Å². The van der Waals surface area contributed by atoms with Crippen LogP contribution in [0.4, 0.5) is 5.69 Å². The van der Waals surface area contributed by atoms with Crippen LogP contribution in [0.5, 0.6) is 0 Å². The molecule has 0 unspecified atom stereocenters. The molecule has 8 heteroatoms. The Balaban J connectivity index is 2.14. The van der Waals surface area contributed by atoms with Crippen LogP contribution in [0, 0.1) is 0 Å². The molecule has 3 aromatic rings. The van der Waals surface area contributed by atoms with Gasteiger partial charge >= 0.3 is 0 Å². The van der Waals surface area contributed by atoms with Crippen molar-refractivity contribution in [2.45, 2.75) is 0 Å². The van der Waals surface area contributed by atoms with E-state index < -0.39 is 0 Å². The highest BCUT2D eigenvalue weighted by molar-refractivity contribution is 9.10. The summed E-state index contributed by atoms with van der Waals surface area (Å²) >= 11 is 15.7. The minimum Gasteiger partial charge on any atom is -0.398 e. The van der Waals surface area contributed by atoms with E-state index in [0.717, 1.165) is 10.0 Å². The van der Waals surface area contributed by atoms with E-state index in [4.69, 9.17) is 28.9 Å². The lowest BCUT2D eigenvalue weighted by atomic mass is 10.2. The van der Waals surface area contributed by atoms with Crippen molar-refractivity contribution < 1.29 is 0 Å². The van der Waals surface area contributed by atoms with Crippen molar-refractivity contribution in [3.8, 4) is 17.1 Å². The molecular formula is C13H8BrCl2N5. The summed E-state index contributed by atoms with van der Waals surface area (Å²) in [5.74, 6) is 0.529. The van der Waals surface area contributed by atoms with Gasteiger partial charge in [0.15, 0.2) is 5.82 Å².